The Morgan fingerprint density at radius 1 is 1.10 bits per heavy atom. The molecule has 2 aromatic rings. The van der Waals surface area contributed by atoms with Crippen molar-refractivity contribution in [3.63, 3.8) is 0 Å². The number of benzene rings is 1. The first-order chi connectivity index (χ1) is 13.9. The number of hydrogen-bond donors (Lipinski definition) is 1. The highest BCUT2D eigenvalue weighted by Crippen LogP contribution is 2.33. The number of esters is 3. The van der Waals surface area contributed by atoms with Crippen molar-refractivity contribution in [1.82, 2.24) is 0 Å². The molecule has 0 aliphatic heterocycles. The van der Waals surface area contributed by atoms with E-state index in [2.05, 4.69) is 12.1 Å². The number of anilines is 1. The van der Waals surface area contributed by atoms with Crippen molar-refractivity contribution in [2.75, 3.05) is 25.7 Å². The van der Waals surface area contributed by atoms with Crippen LogP contribution >= 0.6 is 23.1 Å². The highest BCUT2D eigenvalue weighted by molar-refractivity contribution is 8.00. The number of thioether (sulfide) groups is 1. The van der Waals surface area contributed by atoms with Gasteiger partial charge < -0.3 is 19.9 Å². The number of methoxy groups -OCH3 is 2. The van der Waals surface area contributed by atoms with E-state index < -0.39 is 17.9 Å². The van der Waals surface area contributed by atoms with E-state index in [-0.39, 0.29) is 33.4 Å². The van der Waals surface area contributed by atoms with Crippen LogP contribution in [-0.2, 0) is 38.5 Å². The number of carbonyl (C=O) groups is 3. The lowest BCUT2D eigenvalue weighted by molar-refractivity contribution is -0.141. The first-order valence-electron chi connectivity index (χ1n) is 8.92. The van der Waals surface area contributed by atoms with Gasteiger partial charge >= 0.3 is 17.9 Å². The zero-order chi connectivity index (χ0) is 21.0. The predicted octanol–water partition coefficient (Wildman–Crippen LogP) is 3.23. The molecular weight excluding hydrogens is 414 g/mol. The lowest BCUT2D eigenvalue weighted by Gasteiger charge is -2.08. The van der Waals surface area contributed by atoms with Crippen molar-refractivity contribution < 1.29 is 28.6 Å². The SMILES string of the molecule is COC(=O)c1sc(N)c(C(=O)OC)c1COC(=O)CSc1ccc2c(c1)CCC2. The number of fused-ring (bicyclic) bond motifs is 1. The number of aryl methyl sites for hydroxylation is 2. The summed E-state index contributed by atoms with van der Waals surface area (Å²) >= 11 is 2.28. The van der Waals surface area contributed by atoms with Gasteiger partial charge in [-0.15, -0.1) is 23.1 Å². The van der Waals surface area contributed by atoms with E-state index in [1.807, 2.05) is 6.07 Å². The summed E-state index contributed by atoms with van der Waals surface area (Å²) in [7, 11) is 2.43. The van der Waals surface area contributed by atoms with Crippen LogP contribution in [0.25, 0.3) is 0 Å². The average Bonchev–Trinajstić information content (AvgIpc) is 3.32. The minimum atomic E-state index is -0.701. The summed E-state index contributed by atoms with van der Waals surface area (Å²) in [6.07, 6.45) is 3.35. The molecule has 1 aliphatic carbocycles. The van der Waals surface area contributed by atoms with Gasteiger partial charge in [-0.05, 0) is 42.5 Å². The molecule has 0 saturated heterocycles. The molecule has 1 aliphatic rings. The van der Waals surface area contributed by atoms with Crippen LogP contribution in [0.5, 0.6) is 0 Å². The van der Waals surface area contributed by atoms with Crippen LogP contribution in [0, 0.1) is 0 Å². The third kappa shape index (κ3) is 4.73. The minimum absolute atomic E-state index is 0.0250. The Labute approximate surface area is 176 Å². The van der Waals surface area contributed by atoms with Crippen molar-refractivity contribution >= 4 is 46.0 Å². The van der Waals surface area contributed by atoms with E-state index in [0.29, 0.717) is 0 Å². The van der Waals surface area contributed by atoms with Crippen molar-refractivity contribution in [2.24, 2.45) is 0 Å². The number of rotatable bonds is 7. The number of ether oxygens (including phenoxy) is 3. The molecular formula is C20H21NO6S2. The van der Waals surface area contributed by atoms with Crippen LogP contribution in [0.2, 0.25) is 0 Å². The molecule has 29 heavy (non-hydrogen) atoms. The molecule has 1 aromatic heterocycles. The first-order valence-corrected chi connectivity index (χ1v) is 10.7. The Hall–Kier alpha value is -2.52. The summed E-state index contributed by atoms with van der Waals surface area (Å²) in [5, 5.41) is 0.107. The Morgan fingerprint density at radius 3 is 2.55 bits per heavy atom. The number of carbonyl (C=O) groups excluding carboxylic acids is 3. The maximum Gasteiger partial charge on any atom is 0.348 e. The van der Waals surface area contributed by atoms with Crippen LogP contribution in [0.3, 0.4) is 0 Å². The summed E-state index contributed by atoms with van der Waals surface area (Å²) in [5.74, 6) is -1.71. The molecule has 0 atom stereocenters. The molecule has 0 fully saturated rings. The van der Waals surface area contributed by atoms with E-state index in [9.17, 15) is 14.4 Å². The molecule has 0 radical (unpaired) electrons. The smallest absolute Gasteiger partial charge is 0.348 e. The summed E-state index contributed by atoms with van der Waals surface area (Å²) in [6, 6.07) is 6.23. The van der Waals surface area contributed by atoms with Gasteiger partial charge in [-0.3, -0.25) is 4.79 Å². The normalized spacial score (nSPS) is 12.3. The van der Waals surface area contributed by atoms with Crippen LogP contribution in [0.4, 0.5) is 5.00 Å². The molecule has 1 aromatic carbocycles. The van der Waals surface area contributed by atoms with Crippen molar-refractivity contribution in [2.45, 2.75) is 30.8 Å². The van der Waals surface area contributed by atoms with E-state index in [1.54, 1.807) is 0 Å². The first kappa shape index (κ1) is 21.2. The second-order valence-electron chi connectivity index (χ2n) is 6.37. The maximum absolute atomic E-state index is 12.2. The van der Waals surface area contributed by atoms with Crippen LogP contribution in [0.1, 0.15) is 43.1 Å². The second kappa shape index (κ2) is 9.32. The Balaban J connectivity index is 1.66. The summed E-state index contributed by atoms with van der Waals surface area (Å²) in [5.41, 5.74) is 8.79. The van der Waals surface area contributed by atoms with Gasteiger partial charge in [-0.2, -0.15) is 0 Å². The van der Waals surface area contributed by atoms with Crippen LogP contribution in [0.15, 0.2) is 23.1 Å². The standard InChI is InChI=1S/C20H21NO6S2/c1-25-19(23)16-14(17(20(24)26-2)29-18(16)21)9-27-15(22)10-28-13-7-6-11-4-3-5-12(11)8-13/h6-8H,3-5,9-10,21H2,1-2H3. The Bertz CT molecular complexity index is 953. The van der Waals surface area contributed by atoms with Gasteiger partial charge in [0.1, 0.15) is 22.0 Å². The Morgan fingerprint density at radius 2 is 1.83 bits per heavy atom. The summed E-state index contributed by atoms with van der Waals surface area (Å²) in [6.45, 7) is -0.272. The van der Waals surface area contributed by atoms with Gasteiger partial charge in [0.2, 0.25) is 0 Å². The molecule has 1 heterocycles. The summed E-state index contributed by atoms with van der Waals surface area (Å²) in [4.78, 5) is 37.4. The third-order valence-corrected chi connectivity index (χ3v) is 6.61. The minimum Gasteiger partial charge on any atom is -0.465 e. The fourth-order valence-corrected chi connectivity index (χ4v) is 4.92. The van der Waals surface area contributed by atoms with E-state index >= 15 is 0 Å². The van der Waals surface area contributed by atoms with Gasteiger partial charge in [0, 0.05) is 10.5 Å². The zero-order valence-corrected chi connectivity index (χ0v) is 17.7. The molecule has 3 rings (SSSR count). The number of nitrogen functional groups attached to an aromatic ring is 1. The van der Waals surface area contributed by atoms with Crippen LogP contribution in [-0.4, -0.2) is 37.9 Å². The summed E-state index contributed by atoms with van der Waals surface area (Å²) < 4.78 is 14.8. The third-order valence-electron chi connectivity index (χ3n) is 4.60. The predicted molar refractivity (Wildman–Crippen MR) is 110 cm³/mol. The average molecular weight is 436 g/mol. The fraction of sp³-hybridized carbons (Fsp3) is 0.350. The largest absolute Gasteiger partial charge is 0.465 e. The zero-order valence-electron chi connectivity index (χ0n) is 16.1. The molecule has 0 saturated carbocycles. The maximum atomic E-state index is 12.2. The van der Waals surface area contributed by atoms with Crippen molar-refractivity contribution in [3.05, 3.63) is 45.3 Å². The van der Waals surface area contributed by atoms with Crippen molar-refractivity contribution in [1.29, 1.82) is 0 Å². The molecule has 0 unspecified atom stereocenters. The number of thiophene rings is 1. The monoisotopic (exact) mass is 435 g/mol. The molecule has 2 N–H and O–H groups in total. The lowest BCUT2D eigenvalue weighted by Crippen LogP contribution is -2.13. The molecule has 9 heteroatoms. The van der Waals surface area contributed by atoms with E-state index in [0.717, 1.165) is 29.1 Å². The van der Waals surface area contributed by atoms with Crippen molar-refractivity contribution in [3.8, 4) is 0 Å². The fourth-order valence-electron chi connectivity index (χ4n) is 3.18. The Kier molecular flexibility index (Phi) is 6.81. The quantitative estimate of drug-likeness (QED) is 0.401. The molecule has 0 spiro atoms. The molecule has 7 nitrogen and oxygen atoms in total. The highest BCUT2D eigenvalue weighted by Gasteiger charge is 2.28. The van der Waals surface area contributed by atoms with Gasteiger partial charge in [0.15, 0.2) is 0 Å². The second-order valence-corrected chi connectivity index (χ2v) is 8.47. The van der Waals surface area contributed by atoms with E-state index in [1.165, 1.54) is 43.5 Å². The number of hydrogen-bond acceptors (Lipinski definition) is 9. The topological polar surface area (TPSA) is 105 Å². The van der Waals surface area contributed by atoms with Gasteiger partial charge in [-0.1, -0.05) is 6.07 Å². The van der Waals surface area contributed by atoms with Gasteiger partial charge in [0.05, 0.1) is 20.0 Å². The van der Waals surface area contributed by atoms with Gasteiger partial charge in [-0.25, -0.2) is 9.59 Å². The molecule has 154 valence electrons. The lowest BCUT2D eigenvalue weighted by atomic mass is 10.1. The van der Waals surface area contributed by atoms with Crippen LogP contribution < -0.4 is 5.73 Å². The number of nitrogens with two attached hydrogens (primary N) is 1. The highest BCUT2D eigenvalue weighted by atomic mass is 32.2. The van der Waals surface area contributed by atoms with Gasteiger partial charge in [0.25, 0.3) is 0 Å². The molecule has 0 amide bonds. The van der Waals surface area contributed by atoms with E-state index in [4.69, 9.17) is 19.9 Å². The molecule has 0 bridgehead atoms.